The summed E-state index contributed by atoms with van der Waals surface area (Å²) >= 11 is 1.50. The maximum absolute atomic E-state index is 12.5. The third-order valence-corrected chi connectivity index (χ3v) is 6.26. The molecule has 3 rings (SSSR count). The largest absolute Gasteiger partial charge is 0.351 e. The lowest BCUT2D eigenvalue weighted by molar-refractivity contribution is -0.131. The van der Waals surface area contributed by atoms with E-state index in [0.29, 0.717) is 24.4 Å². The Bertz CT molecular complexity index is 692. The van der Waals surface area contributed by atoms with Gasteiger partial charge in [0.2, 0.25) is 0 Å². The first kappa shape index (κ1) is 17.9. The van der Waals surface area contributed by atoms with Gasteiger partial charge >= 0.3 is 6.03 Å². The minimum atomic E-state index is -0.647. The van der Waals surface area contributed by atoms with Crippen LogP contribution in [-0.2, 0) is 11.2 Å². The molecule has 2 aliphatic rings. The number of carbonyl (C=O) groups is 3. The molecule has 0 aromatic carbocycles. The van der Waals surface area contributed by atoms with Gasteiger partial charge < -0.3 is 10.6 Å². The summed E-state index contributed by atoms with van der Waals surface area (Å²) in [6, 6.07) is 1.65. The molecule has 1 saturated heterocycles. The highest BCUT2D eigenvalue weighted by atomic mass is 32.1. The summed E-state index contributed by atoms with van der Waals surface area (Å²) in [5.41, 5.74) is 0.558. The number of carbonyl (C=O) groups excluding carboxylic acids is 3. The van der Waals surface area contributed by atoms with Gasteiger partial charge in [-0.25, -0.2) is 4.79 Å². The van der Waals surface area contributed by atoms with Crippen molar-refractivity contribution in [3.8, 4) is 0 Å². The number of urea groups is 1. The minimum absolute atomic E-state index is 0.0859. The lowest BCUT2D eigenvalue weighted by atomic mass is 9.98. The molecule has 2 N–H and O–H groups in total. The monoisotopic (exact) mass is 363 g/mol. The minimum Gasteiger partial charge on any atom is -0.351 e. The van der Waals surface area contributed by atoms with Crippen LogP contribution in [0.25, 0.3) is 0 Å². The number of nitrogens with one attached hydrogen (secondary N) is 2. The topological polar surface area (TPSA) is 78.5 Å². The molecular weight excluding hydrogens is 338 g/mol. The molecule has 0 unspecified atom stereocenters. The summed E-state index contributed by atoms with van der Waals surface area (Å²) in [5, 5.41) is 5.75. The van der Waals surface area contributed by atoms with Gasteiger partial charge in [-0.05, 0) is 44.2 Å². The smallest absolute Gasteiger partial charge is 0.325 e. The van der Waals surface area contributed by atoms with Crippen LogP contribution in [0, 0.1) is 6.92 Å². The average molecular weight is 363 g/mol. The molecule has 1 aliphatic carbocycles. The van der Waals surface area contributed by atoms with Crippen molar-refractivity contribution in [1.82, 2.24) is 15.5 Å². The Morgan fingerprint density at radius 1 is 1.36 bits per heavy atom. The predicted molar refractivity (Wildman–Crippen MR) is 96.8 cm³/mol. The molecule has 136 valence electrons. The van der Waals surface area contributed by atoms with E-state index in [-0.39, 0.29) is 17.8 Å². The highest BCUT2D eigenvalue weighted by molar-refractivity contribution is 7.14. The second-order valence-corrected chi connectivity index (χ2v) is 8.09. The number of hydrogen-bond acceptors (Lipinski definition) is 4. The molecule has 0 radical (unpaired) electrons. The van der Waals surface area contributed by atoms with Gasteiger partial charge in [-0.15, -0.1) is 11.3 Å². The molecular formula is C18H25N3O3S. The van der Waals surface area contributed by atoms with Gasteiger partial charge in [0.25, 0.3) is 11.8 Å². The van der Waals surface area contributed by atoms with Gasteiger partial charge in [0.1, 0.15) is 5.54 Å². The lowest BCUT2D eigenvalue weighted by Gasteiger charge is -2.20. The molecule has 1 spiro atoms. The van der Waals surface area contributed by atoms with E-state index in [2.05, 4.69) is 17.6 Å². The third-order valence-electron chi connectivity index (χ3n) is 5.17. The van der Waals surface area contributed by atoms with Crippen LogP contribution in [0.4, 0.5) is 4.79 Å². The Hall–Kier alpha value is -1.89. The standard InChI is InChI=1S/C18H25N3O3S/c1-3-13-11-14(25-12(13)2)15(22)19-9-6-10-21-16(23)18(20-17(21)24)7-4-5-8-18/h11H,3-10H2,1-2H3,(H,19,22)(H,20,24). The molecule has 25 heavy (non-hydrogen) atoms. The lowest BCUT2D eigenvalue weighted by Crippen LogP contribution is -2.44. The fraction of sp³-hybridized carbons (Fsp3) is 0.611. The van der Waals surface area contributed by atoms with Gasteiger partial charge in [0.05, 0.1) is 4.88 Å². The average Bonchev–Trinajstić information content (AvgIpc) is 3.26. The molecule has 2 heterocycles. The fourth-order valence-electron chi connectivity index (χ4n) is 3.71. The van der Waals surface area contributed by atoms with E-state index in [4.69, 9.17) is 0 Å². The first-order valence-corrected chi connectivity index (χ1v) is 9.80. The number of aryl methyl sites for hydroxylation is 2. The van der Waals surface area contributed by atoms with Gasteiger partial charge in [-0.1, -0.05) is 19.8 Å². The van der Waals surface area contributed by atoms with Crippen molar-refractivity contribution in [2.75, 3.05) is 13.1 Å². The Morgan fingerprint density at radius 2 is 2.08 bits per heavy atom. The maximum Gasteiger partial charge on any atom is 0.325 e. The number of amides is 4. The zero-order valence-electron chi connectivity index (χ0n) is 14.8. The van der Waals surface area contributed by atoms with Gasteiger partial charge in [-0.2, -0.15) is 0 Å². The molecule has 1 aromatic heterocycles. The van der Waals surface area contributed by atoms with Crippen LogP contribution in [0.1, 0.15) is 59.1 Å². The zero-order chi connectivity index (χ0) is 18.0. The van der Waals surface area contributed by atoms with E-state index >= 15 is 0 Å². The van der Waals surface area contributed by atoms with E-state index in [1.807, 2.05) is 13.0 Å². The molecule has 2 fully saturated rings. The second-order valence-electron chi connectivity index (χ2n) is 6.83. The fourth-order valence-corrected chi connectivity index (χ4v) is 4.74. The van der Waals surface area contributed by atoms with Crippen LogP contribution in [-0.4, -0.2) is 41.4 Å². The Kier molecular flexibility index (Phi) is 5.13. The summed E-state index contributed by atoms with van der Waals surface area (Å²) < 4.78 is 0. The van der Waals surface area contributed by atoms with Gasteiger partial charge in [0, 0.05) is 18.0 Å². The summed E-state index contributed by atoms with van der Waals surface area (Å²) in [7, 11) is 0. The third kappa shape index (κ3) is 3.42. The number of nitrogens with zero attached hydrogens (tertiary/aromatic N) is 1. The zero-order valence-corrected chi connectivity index (χ0v) is 15.6. The molecule has 1 aromatic rings. The second kappa shape index (κ2) is 7.15. The Balaban J connectivity index is 1.47. The maximum atomic E-state index is 12.5. The van der Waals surface area contributed by atoms with Crippen molar-refractivity contribution >= 4 is 29.2 Å². The number of hydrogen-bond donors (Lipinski definition) is 2. The van der Waals surface area contributed by atoms with E-state index in [0.717, 1.165) is 32.1 Å². The number of imide groups is 1. The molecule has 6 nitrogen and oxygen atoms in total. The summed E-state index contributed by atoms with van der Waals surface area (Å²) in [6.45, 7) is 4.89. The molecule has 0 bridgehead atoms. The number of rotatable bonds is 6. The highest BCUT2D eigenvalue weighted by Gasteiger charge is 2.51. The molecule has 4 amide bonds. The van der Waals surface area contributed by atoms with Crippen molar-refractivity contribution < 1.29 is 14.4 Å². The van der Waals surface area contributed by atoms with Crippen molar-refractivity contribution in [3.05, 3.63) is 21.4 Å². The molecule has 1 aliphatic heterocycles. The van der Waals surface area contributed by atoms with Crippen molar-refractivity contribution in [2.45, 2.75) is 57.9 Å². The quantitative estimate of drug-likeness (QED) is 0.602. The Morgan fingerprint density at radius 3 is 2.72 bits per heavy atom. The first-order chi connectivity index (χ1) is 12.0. The first-order valence-electron chi connectivity index (χ1n) is 8.98. The van der Waals surface area contributed by atoms with Crippen LogP contribution >= 0.6 is 11.3 Å². The van der Waals surface area contributed by atoms with Gasteiger partial charge in [-0.3, -0.25) is 14.5 Å². The molecule has 7 heteroatoms. The van der Waals surface area contributed by atoms with E-state index in [1.54, 1.807) is 0 Å². The highest BCUT2D eigenvalue weighted by Crippen LogP contribution is 2.35. The van der Waals surface area contributed by atoms with Crippen LogP contribution in [0.3, 0.4) is 0 Å². The normalized spacial score (nSPS) is 18.9. The molecule has 0 atom stereocenters. The number of thiophene rings is 1. The van der Waals surface area contributed by atoms with Crippen LogP contribution in [0.5, 0.6) is 0 Å². The van der Waals surface area contributed by atoms with E-state index in [9.17, 15) is 14.4 Å². The Labute approximate surface area is 152 Å². The SMILES string of the molecule is CCc1cc(C(=O)NCCCN2C(=O)NC3(CCCC3)C2=O)sc1C. The van der Waals surface area contributed by atoms with Crippen molar-refractivity contribution in [1.29, 1.82) is 0 Å². The molecule has 1 saturated carbocycles. The van der Waals surface area contributed by atoms with E-state index in [1.165, 1.54) is 26.7 Å². The van der Waals surface area contributed by atoms with Crippen LogP contribution < -0.4 is 10.6 Å². The predicted octanol–water partition coefficient (Wildman–Crippen LogP) is 2.60. The summed E-state index contributed by atoms with van der Waals surface area (Å²) in [5.74, 6) is -0.181. The summed E-state index contributed by atoms with van der Waals surface area (Å²) in [4.78, 5) is 40.0. The van der Waals surface area contributed by atoms with Crippen LogP contribution in [0.15, 0.2) is 6.07 Å². The van der Waals surface area contributed by atoms with Crippen LogP contribution in [0.2, 0.25) is 0 Å². The van der Waals surface area contributed by atoms with E-state index < -0.39 is 5.54 Å². The summed E-state index contributed by atoms with van der Waals surface area (Å²) in [6.07, 6.45) is 4.92. The van der Waals surface area contributed by atoms with Crippen molar-refractivity contribution in [2.24, 2.45) is 0 Å². The van der Waals surface area contributed by atoms with Gasteiger partial charge in [0.15, 0.2) is 0 Å². The van der Waals surface area contributed by atoms with Crippen molar-refractivity contribution in [3.63, 3.8) is 0 Å².